The molecule has 1 rings (SSSR count). The van der Waals surface area contributed by atoms with Crippen LogP contribution in [0.1, 0.15) is 19.4 Å². The fourth-order valence-corrected chi connectivity index (χ4v) is 1.40. The molecule has 0 aliphatic carbocycles. The first-order chi connectivity index (χ1) is 8.45. The smallest absolute Gasteiger partial charge is 0.258 e. The third kappa shape index (κ3) is 3.59. The molecule has 0 aromatic heterocycles. The number of thiocarbonyl (C=S) groups is 1. The molecule has 0 aliphatic heterocycles. The first-order valence-electron chi connectivity index (χ1n) is 5.48. The Labute approximate surface area is 111 Å². The molecule has 0 saturated carbocycles. The molecule has 1 aromatic rings. The van der Waals surface area contributed by atoms with Crippen molar-refractivity contribution in [1.29, 1.82) is 0 Å². The molecule has 1 amide bonds. The van der Waals surface area contributed by atoms with Crippen LogP contribution in [0.25, 0.3) is 0 Å². The van der Waals surface area contributed by atoms with Crippen LogP contribution in [0.4, 0.5) is 0 Å². The van der Waals surface area contributed by atoms with E-state index in [4.69, 9.17) is 33.2 Å². The number of carbonyl (C=O) groups excluding carboxylic acids is 1. The lowest BCUT2D eigenvalue weighted by Crippen LogP contribution is -2.30. The number of rotatable bonds is 6. The average Bonchev–Trinajstić information content (AvgIpc) is 2.31. The second kappa shape index (κ2) is 6.20. The van der Waals surface area contributed by atoms with Crippen LogP contribution < -0.4 is 20.9 Å². The van der Waals surface area contributed by atoms with Crippen molar-refractivity contribution in [2.24, 2.45) is 11.5 Å². The first kappa shape index (κ1) is 14.2. The molecule has 0 saturated heterocycles. The van der Waals surface area contributed by atoms with Crippen molar-refractivity contribution in [1.82, 2.24) is 0 Å². The van der Waals surface area contributed by atoms with Gasteiger partial charge >= 0.3 is 0 Å². The van der Waals surface area contributed by atoms with E-state index in [0.717, 1.165) is 0 Å². The number of carbonyl (C=O) groups is 1. The van der Waals surface area contributed by atoms with Crippen LogP contribution in [0.3, 0.4) is 0 Å². The number of ether oxygens (including phenoxy) is 2. The SMILES string of the molecule is CCOc1cc(C(N)=S)ccc1OC(C)C(N)=O. The molecule has 1 unspecified atom stereocenters. The van der Waals surface area contributed by atoms with Gasteiger partial charge in [0.25, 0.3) is 5.91 Å². The summed E-state index contributed by atoms with van der Waals surface area (Å²) < 4.78 is 10.8. The molecule has 6 heteroatoms. The molecule has 4 N–H and O–H groups in total. The Morgan fingerprint density at radius 3 is 2.56 bits per heavy atom. The highest BCUT2D eigenvalue weighted by Crippen LogP contribution is 2.29. The third-order valence-electron chi connectivity index (χ3n) is 2.23. The monoisotopic (exact) mass is 268 g/mol. The Bertz CT molecular complexity index is 463. The minimum Gasteiger partial charge on any atom is -0.490 e. The summed E-state index contributed by atoms with van der Waals surface area (Å²) in [7, 11) is 0. The van der Waals surface area contributed by atoms with E-state index in [-0.39, 0.29) is 4.99 Å². The molecule has 0 fully saturated rings. The molecular formula is C12H16N2O3S. The number of amides is 1. The van der Waals surface area contributed by atoms with Crippen molar-refractivity contribution in [3.63, 3.8) is 0 Å². The van der Waals surface area contributed by atoms with Crippen molar-refractivity contribution in [2.75, 3.05) is 6.61 Å². The summed E-state index contributed by atoms with van der Waals surface area (Å²) in [5, 5.41) is 0. The van der Waals surface area contributed by atoms with E-state index in [1.165, 1.54) is 0 Å². The highest BCUT2D eigenvalue weighted by molar-refractivity contribution is 7.80. The molecule has 18 heavy (non-hydrogen) atoms. The summed E-state index contributed by atoms with van der Waals surface area (Å²) in [5.41, 5.74) is 11.4. The molecule has 98 valence electrons. The Kier molecular flexibility index (Phi) is 4.91. The van der Waals surface area contributed by atoms with Crippen molar-refractivity contribution in [3.05, 3.63) is 23.8 Å². The van der Waals surface area contributed by atoms with Crippen LogP contribution in [0.2, 0.25) is 0 Å². The zero-order valence-electron chi connectivity index (χ0n) is 10.3. The van der Waals surface area contributed by atoms with E-state index in [1.807, 2.05) is 6.92 Å². The van der Waals surface area contributed by atoms with Gasteiger partial charge in [-0.15, -0.1) is 0 Å². The van der Waals surface area contributed by atoms with Gasteiger partial charge in [-0.2, -0.15) is 0 Å². The molecule has 0 radical (unpaired) electrons. The fraction of sp³-hybridized carbons (Fsp3) is 0.333. The van der Waals surface area contributed by atoms with Gasteiger partial charge in [0.1, 0.15) is 4.99 Å². The van der Waals surface area contributed by atoms with E-state index < -0.39 is 12.0 Å². The van der Waals surface area contributed by atoms with Crippen LogP contribution >= 0.6 is 12.2 Å². The van der Waals surface area contributed by atoms with E-state index in [9.17, 15) is 4.79 Å². The molecule has 0 heterocycles. The van der Waals surface area contributed by atoms with Crippen LogP contribution in [0, 0.1) is 0 Å². The second-order valence-corrected chi connectivity index (χ2v) is 4.06. The van der Waals surface area contributed by atoms with Crippen molar-refractivity contribution in [2.45, 2.75) is 20.0 Å². The Morgan fingerprint density at radius 2 is 2.06 bits per heavy atom. The van der Waals surface area contributed by atoms with Gasteiger partial charge in [0.2, 0.25) is 0 Å². The summed E-state index contributed by atoms with van der Waals surface area (Å²) in [6, 6.07) is 5.03. The molecular weight excluding hydrogens is 252 g/mol. The highest BCUT2D eigenvalue weighted by Gasteiger charge is 2.14. The molecule has 1 atom stereocenters. The summed E-state index contributed by atoms with van der Waals surface area (Å²) in [6.45, 7) is 3.87. The largest absolute Gasteiger partial charge is 0.490 e. The lowest BCUT2D eigenvalue weighted by Gasteiger charge is -2.15. The van der Waals surface area contributed by atoms with Crippen molar-refractivity contribution >= 4 is 23.1 Å². The maximum atomic E-state index is 11.0. The standard InChI is InChI=1S/C12H16N2O3S/c1-3-16-10-6-8(12(14)18)4-5-9(10)17-7(2)11(13)15/h4-7H,3H2,1-2H3,(H2,13,15)(H2,14,18). The van der Waals surface area contributed by atoms with Gasteiger partial charge in [-0.1, -0.05) is 12.2 Å². The lowest BCUT2D eigenvalue weighted by atomic mass is 10.2. The lowest BCUT2D eigenvalue weighted by molar-refractivity contribution is -0.124. The van der Waals surface area contributed by atoms with Crippen LogP contribution in [-0.4, -0.2) is 23.6 Å². The van der Waals surface area contributed by atoms with E-state index in [2.05, 4.69) is 0 Å². The van der Waals surface area contributed by atoms with Gasteiger partial charge in [-0.3, -0.25) is 4.79 Å². The van der Waals surface area contributed by atoms with Gasteiger partial charge in [0.15, 0.2) is 17.6 Å². The highest BCUT2D eigenvalue weighted by atomic mass is 32.1. The van der Waals surface area contributed by atoms with Gasteiger partial charge in [-0.05, 0) is 32.0 Å². The quantitative estimate of drug-likeness (QED) is 0.751. The predicted octanol–water partition coefficient (Wildman–Crippen LogP) is 0.972. The van der Waals surface area contributed by atoms with Crippen LogP contribution in [-0.2, 0) is 4.79 Å². The average molecular weight is 268 g/mol. The Morgan fingerprint density at radius 1 is 1.39 bits per heavy atom. The Hall–Kier alpha value is -1.82. The Balaban J connectivity index is 3.03. The van der Waals surface area contributed by atoms with Crippen molar-refractivity contribution in [3.8, 4) is 11.5 Å². The number of hydrogen-bond donors (Lipinski definition) is 2. The van der Waals surface area contributed by atoms with E-state index in [1.54, 1.807) is 25.1 Å². The minimum atomic E-state index is -0.736. The third-order valence-corrected chi connectivity index (χ3v) is 2.47. The summed E-state index contributed by atoms with van der Waals surface area (Å²) >= 11 is 4.89. The first-order valence-corrected chi connectivity index (χ1v) is 5.89. The summed E-state index contributed by atoms with van der Waals surface area (Å²) in [6.07, 6.45) is -0.736. The predicted molar refractivity (Wildman–Crippen MR) is 72.8 cm³/mol. The molecule has 0 aliphatic rings. The molecule has 0 spiro atoms. The zero-order chi connectivity index (χ0) is 13.7. The van der Waals surface area contributed by atoms with Crippen molar-refractivity contribution < 1.29 is 14.3 Å². The number of nitrogens with two attached hydrogens (primary N) is 2. The topological polar surface area (TPSA) is 87.6 Å². The molecule has 1 aromatic carbocycles. The number of hydrogen-bond acceptors (Lipinski definition) is 4. The minimum absolute atomic E-state index is 0.269. The number of primary amides is 1. The fourth-order valence-electron chi connectivity index (χ4n) is 1.28. The normalized spacial score (nSPS) is 11.7. The molecule has 0 bridgehead atoms. The molecule has 5 nitrogen and oxygen atoms in total. The maximum Gasteiger partial charge on any atom is 0.258 e. The van der Waals surface area contributed by atoms with Gasteiger partial charge in [0.05, 0.1) is 6.61 Å². The van der Waals surface area contributed by atoms with Gasteiger partial charge in [0, 0.05) is 5.56 Å². The second-order valence-electron chi connectivity index (χ2n) is 3.62. The van der Waals surface area contributed by atoms with E-state index in [0.29, 0.717) is 23.7 Å². The maximum absolute atomic E-state index is 11.0. The number of benzene rings is 1. The van der Waals surface area contributed by atoms with Gasteiger partial charge in [-0.25, -0.2) is 0 Å². The van der Waals surface area contributed by atoms with E-state index >= 15 is 0 Å². The zero-order valence-corrected chi connectivity index (χ0v) is 11.1. The van der Waals surface area contributed by atoms with Crippen LogP contribution in [0.5, 0.6) is 11.5 Å². The van der Waals surface area contributed by atoms with Gasteiger partial charge < -0.3 is 20.9 Å². The van der Waals surface area contributed by atoms with Crippen LogP contribution in [0.15, 0.2) is 18.2 Å². The summed E-state index contributed by atoms with van der Waals surface area (Å²) in [5.74, 6) is 0.370. The summed E-state index contributed by atoms with van der Waals surface area (Å²) in [4.78, 5) is 11.2.